The van der Waals surface area contributed by atoms with E-state index in [1.165, 1.54) is 109 Å². The number of ether oxygens (including phenoxy) is 2. The molecular formula is C108H133N6O6S6+3. The molecule has 15 rings (SSSR count). The summed E-state index contributed by atoms with van der Waals surface area (Å²) in [4.78, 5) is 25.1. The van der Waals surface area contributed by atoms with Crippen molar-refractivity contribution in [3.63, 3.8) is 0 Å². The summed E-state index contributed by atoms with van der Waals surface area (Å²) in [6.07, 6.45) is 9.67. The van der Waals surface area contributed by atoms with Crippen molar-refractivity contribution >= 4 is 69.3 Å². The number of rotatable bonds is 29. The maximum absolute atomic E-state index is 11.7. The molecule has 2 fully saturated rings. The van der Waals surface area contributed by atoms with Gasteiger partial charge in [0.15, 0.2) is 58.7 Å². The van der Waals surface area contributed by atoms with Crippen LogP contribution in [0, 0.1) is 6.92 Å². The first-order valence-electron chi connectivity index (χ1n) is 43.7. The number of piperazine rings is 1. The van der Waals surface area contributed by atoms with Crippen molar-refractivity contribution < 1.29 is 26.3 Å². The fourth-order valence-corrected chi connectivity index (χ4v) is 24.8. The van der Waals surface area contributed by atoms with Crippen molar-refractivity contribution in [3.05, 3.63) is 392 Å². The summed E-state index contributed by atoms with van der Waals surface area (Å²) in [5.41, 5.74) is 2.49. The highest BCUT2D eigenvalue weighted by Crippen LogP contribution is 2.35. The number of nitrogens with zero attached hydrogens (tertiary/aromatic N) is 5. The molecule has 18 heteroatoms. The number of nitrogens with one attached hydrogen (secondary N) is 1. The summed E-state index contributed by atoms with van der Waals surface area (Å²) in [6, 6.07) is 135. The Morgan fingerprint density at radius 1 is 0.341 bits per heavy atom. The van der Waals surface area contributed by atoms with Crippen molar-refractivity contribution in [2.24, 2.45) is 0 Å². The quantitative estimate of drug-likeness (QED) is 0.0356. The highest BCUT2D eigenvalue weighted by Gasteiger charge is 2.32. The van der Waals surface area contributed by atoms with Gasteiger partial charge in [0.05, 0.1) is 76.8 Å². The summed E-state index contributed by atoms with van der Waals surface area (Å²) in [7, 11) is 7.86. The fraction of sp³-hybridized carbons (Fsp3) is 0.278. The van der Waals surface area contributed by atoms with Crippen molar-refractivity contribution in [1.29, 1.82) is 0 Å². The van der Waals surface area contributed by atoms with Crippen LogP contribution >= 0.6 is 0 Å². The number of likely N-dealkylation sites (N-methyl/N-ethyl adjacent to an activating group) is 2. The SMILES string of the molecule is CCCCCCCCS(=O)(=O)[N-]S(=O)(=O)CCCCN(C)C.CN1CCN(C)CC1.COC1CCNCC1.COc1ccc(N(C)C)cc1.Cc1ccc([S+](c2ccccc2)c2ccccc2)cc1.c1ccc([S+](c2ccccc2)c2ccccc2)cc1.c1ccc([S+](c2ccccc2)c2ccccc2)cc1.c1ccc([S+](c2ccccc2)c2ccccc2)cc1. The van der Waals surface area contributed by atoms with Gasteiger partial charge in [-0.15, -0.1) is 0 Å². The molecular weight excluding hydrogens is 1670 g/mol. The second-order valence-corrected chi connectivity index (χ2v) is 42.6. The van der Waals surface area contributed by atoms with Gasteiger partial charge in [-0.05, 0) is 257 Å². The molecule has 0 saturated carbocycles. The molecule has 0 radical (unpaired) electrons. The molecule has 0 amide bonds. The smallest absolute Gasteiger partial charge is 0.166 e. The molecule has 2 aliphatic heterocycles. The Kier molecular flexibility index (Phi) is 47.6. The number of aryl methyl sites for hydroxylation is 1. The second kappa shape index (κ2) is 58.8. The van der Waals surface area contributed by atoms with Gasteiger partial charge in [-0.3, -0.25) is 0 Å². The van der Waals surface area contributed by atoms with E-state index in [0.717, 1.165) is 57.5 Å². The van der Waals surface area contributed by atoms with Crippen molar-refractivity contribution in [2.75, 3.05) is 119 Å². The predicted octanol–water partition coefficient (Wildman–Crippen LogP) is 24.2. The molecule has 0 atom stereocenters. The van der Waals surface area contributed by atoms with Crippen molar-refractivity contribution in [2.45, 2.75) is 143 Å². The first-order chi connectivity index (χ1) is 61.3. The number of anilines is 1. The first kappa shape index (κ1) is 102. The lowest BCUT2D eigenvalue weighted by atomic mass is 10.1. The normalized spacial score (nSPS) is 12.7. The van der Waals surface area contributed by atoms with Gasteiger partial charge in [0.2, 0.25) is 0 Å². The predicted molar refractivity (Wildman–Crippen MR) is 538 cm³/mol. The highest BCUT2D eigenvalue weighted by molar-refractivity contribution is 8.12. The minimum atomic E-state index is -3.87. The number of benzene rings is 13. The van der Waals surface area contributed by atoms with Gasteiger partial charge in [0, 0.05) is 64.6 Å². The lowest BCUT2D eigenvalue weighted by Crippen LogP contribution is -2.42. The molecule has 0 aromatic heterocycles. The Balaban J connectivity index is 0.000000182. The minimum Gasteiger partial charge on any atom is -0.497 e. The summed E-state index contributed by atoms with van der Waals surface area (Å²) in [5.74, 6) is 0.530. The van der Waals surface area contributed by atoms with E-state index in [9.17, 15) is 16.8 Å². The zero-order chi connectivity index (χ0) is 89.7. The Labute approximate surface area is 768 Å². The van der Waals surface area contributed by atoms with Crippen molar-refractivity contribution in [3.8, 4) is 5.75 Å². The van der Waals surface area contributed by atoms with Crippen LogP contribution in [0.1, 0.15) is 76.7 Å². The number of unbranched alkanes of at least 4 members (excludes halogenated alkanes) is 6. The van der Waals surface area contributed by atoms with Crippen LogP contribution in [-0.2, 0) is 68.4 Å². The lowest BCUT2D eigenvalue weighted by molar-refractivity contribution is 0.0765. The average Bonchev–Trinajstić information content (AvgIpc) is 0.907. The Morgan fingerprint density at radius 2 is 0.587 bits per heavy atom. The Bertz CT molecular complexity index is 4560. The number of piperidine rings is 1. The largest absolute Gasteiger partial charge is 0.497 e. The van der Waals surface area contributed by atoms with E-state index in [1.807, 2.05) is 57.4 Å². The van der Waals surface area contributed by atoms with E-state index in [0.29, 0.717) is 25.4 Å². The molecule has 0 bridgehead atoms. The van der Waals surface area contributed by atoms with Gasteiger partial charge < -0.3 is 38.5 Å². The van der Waals surface area contributed by atoms with Gasteiger partial charge in [-0.2, -0.15) is 0 Å². The van der Waals surface area contributed by atoms with E-state index in [-0.39, 0.29) is 55.1 Å². The molecule has 126 heavy (non-hydrogen) atoms. The van der Waals surface area contributed by atoms with Crippen LogP contribution in [0.2, 0.25) is 0 Å². The molecule has 2 saturated heterocycles. The third-order valence-electron chi connectivity index (χ3n) is 20.2. The average molecular weight is 1800 g/mol. The Hall–Kier alpha value is -9.48. The molecule has 0 spiro atoms. The van der Waals surface area contributed by atoms with Crippen LogP contribution < -0.4 is 15.0 Å². The highest BCUT2D eigenvalue weighted by atomic mass is 32.3. The maximum Gasteiger partial charge on any atom is 0.166 e. The summed E-state index contributed by atoms with van der Waals surface area (Å²) >= 11 is 0. The van der Waals surface area contributed by atoms with E-state index < -0.39 is 20.0 Å². The van der Waals surface area contributed by atoms with E-state index in [1.54, 1.807) is 14.2 Å². The molecule has 13 aromatic rings. The van der Waals surface area contributed by atoms with Gasteiger partial charge in [-0.1, -0.05) is 257 Å². The van der Waals surface area contributed by atoms with Gasteiger partial charge in [0.1, 0.15) is 5.75 Å². The summed E-state index contributed by atoms with van der Waals surface area (Å²) in [5, 5.41) is 3.27. The molecule has 664 valence electrons. The number of sulfonamides is 2. The molecule has 2 aliphatic rings. The third kappa shape index (κ3) is 38.6. The first-order valence-corrected chi connectivity index (χ1v) is 51.8. The van der Waals surface area contributed by atoms with Crippen LogP contribution in [0.15, 0.2) is 441 Å². The standard InChI is InChI=1S/C19H17S.3C18H15S.C14H31N2O4S2.C9H13NO.C6H14N2.C6H13NO/c1-16-12-14-19(15-13-16)20(17-8-4-2-5-9-17)18-10-6-3-7-11-18;3*1-4-10-16(11-5-1)19(17-12-6-2-7-13-17)18-14-8-3-9-15-18;1-4-5-6-7-8-10-13-21(17,18)15-22(19,20)14-11-9-12-16(2)3;1-10(2)8-4-6-9(11-3)7-5-8;1-7-3-5-8(2)6-4-7;1-8-6-2-4-7-5-3-6/h2-15H,1H3;3*1-15H;4-14H2,1-3H3;4-7H,1-3H3;3-6H2,1-2H3;6-7H,2-5H2,1H3/q4*+1;-1;;;. The van der Waals surface area contributed by atoms with Crippen LogP contribution in [0.25, 0.3) is 4.13 Å². The maximum atomic E-state index is 11.7. The summed E-state index contributed by atoms with van der Waals surface area (Å²) < 4.78 is 60.2. The van der Waals surface area contributed by atoms with E-state index in [4.69, 9.17) is 9.47 Å². The van der Waals surface area contributed by atoms with Gasteiger partial charge in [0.25, 0.3) is 0 Å². The molecule has 2 heterocycles. The summed E-state index contributed by atoms with van der Waals surface area (Å²) in [6.45, 7) is 12.2. The van der Waals surface area contributed by atoms with Crippen LogP contribution in [0.4, 0.5) is 5.69 Å². The Morgan fingerprint density at radius 3 is 0.817 bits per heavy atom. The molecule has 1 N–H and O–H groups in total. The van der Waals surface area contributed by atoms with Crippen molar-refractivity contribution in [1.82, 2.24) is 20.0 Å². The third-order valence-corrected chi connectivity index (χ3v) is 32.5. The van der Waals surface area contributed by atoms with E-state index in [2.05, 4.69) is 410 Å². The molecule has 0 unspecified atom stereocenters. The van der Waals surface area contributed by atoms with Crippen LogP contribution in [0.3, 0.4) is 0 Å². The topological polar surface area (TPSA) is 126 Å². The monoisotopic (exact) mass is 1800 g/mol. The zero-order valence-corrected chi connectivity index (χ0v) is 80.4. The minimum absolute atomic E-state index is 0.0146. The van der Waals surface area contributed by atoms with Crippen LogP contribution in [-0.4, -0.2) is 151 Å². The number of hydrogen-bond donors (Lipinski definition) is 1. The number of hydrogen-bond acceptors (Lipinski definition) is 11. The fourth-order valence-electron chi connectivity index (χ4n) is 13.3. The number of methoxy groups -OCH3 is 2. The molecule has 0 aliphatic carbocycles. The van der Waals surface area contributed by atoms with Gasteiger partial charge >= 0.3 is 0 Å². The second-order valence-electron chi connectivity index (χ2n) is 30.8. The van der Waals surface area contributed by atoms with E-state index >= 15 is 0 Å². The lowest BCUT2D eigenvalue weighted by Gasteiger charge is -2.28. The molecule has 12 nitrogen and oxygen atoms in total. The molecule has 13 aromatic carbocycles. The zero-order valence-electron chi connectivity index (χ0n) is 75.5. The van der Waals surface area contributed by atoms with Crippen LogP contribution in [0.5, 0.6) is 5.75 Å². The van der Waals surface area contributed by atoms with Gasteiger partial charge in [-0.25, -0.2) is 16.8 Å².